The Bertz CT molecular complexity index is 1350. The van der Waals surface area contributed by atoms with Crippen LogP contribution in [-0.2, 0) is 6.37 Å². The minimum Gasteiger partial charge on any atom is -0.477 e. The summed E-state index contributed by atoms with van der Waals surface area (Å²) in [5.74, 6) is -2.31. The fourth-order valence-corrected chi connectivity index (χ4v) is 3.03. The molecule has 3 N–H and O–H groups in total. The van der Waals surface area contributed by atoms with Gasteiger partial charge in [-0.05, 0) is 50.2 Å². The van der Waals surface area contributed by atoms with Crippen LogP contribution in [0.25, 0.3) is 5.65 Å². The molecule has 0 aromatic carbocycles. The quantitative estimate of drug-likeness (QED) is 0.648. The smallest absolute Gasteiger partial charge is 0.341 e. The van der Waals surface area contributed by atoms with Crippen molar-refractivity contribution in [3.63, 3.8) is 0 Å². The lowest BCUT2D eigenvalue weighted by atomic mass is 9.98. The van der Waals surface area contributed by atoms with Crippen molar-refractivity contribution in [2.24, 2.45) is 5.73 Å². The Kier molecular flexibility index (Phi) is 3.33. The molecule has 29 heavy (non-hydrogen) atoms. The van der Waals surface area contributed by atoms with Gasteiger partial charge < -0.3 is 15.7 Å². The van der Waals surface area contributed by atoms with E-state index in [-0.39, 0.29) is 30.0 Å². The van der Waals surface area contributed by atoms with Gasteiger partial charge in [0, 0.05) is 32.7 Å². The predicted octanol–water partition coefficient (Wildman–Crippen LogP) is 2.58. The number of aryl methyl sites for hydroxylation is 1. The summed E-state index contributed by atoms with van der Waals surface area (Å²) in [5.41, 5.74) is 4.19. The van der Waals surface area contributed by atoms with E-state index in [1.54, 1.807) is 0 Å². The minimum atomic E-state index is -2.94. The maximum atomic E-state index is 14.5. The molecule has 1 unspecified atom stereocenters. The summed E-state index contributed by atoms with van der Waals surface area (Å²) in [6, 6.07) is -1.71. The molecule has 152 valence electrons. The zero-order chi connectivity index (χ0) is 26.8. The average Bonchev–Trinajstić information content (AvgIpc) is 3.31. The fourth-order valence-electron chi connectivity index (χ4n) is 3.03. The molecule has 3 aromatic rings. The fraction of sp³-hybridized carbons (Fsp3) is 0.400. The van der Waals surface area contributed by atoms with Crippen LogP contribution in [0.15, 0.2) is 30.7 Å². The van der Waals surface area contributed by atoms with Crippen LogP contribution in [0.2, 0.25) is 0 Å². The molecule has 1 fully saturated rings. The first-order valence-corrected chi connectivity index (χ1v) is 8.83. The third-order valence-electron chi connectivity index (χ3n) is 4.29. The van der Waals surface area contributed by atoms with Gasteiger partial charge in [-0.1, -0.05) is 0 Å². The van der Waals surface area contributed by atoms with Gasteiger partial charge in [-0.25, -0.2) is 18.7 Å². The van der Waals surface area contributed by atoms with Gasteiger partial charge >= 0.3 is 5.97 Å². The second-order valence-electron chi connectivity index (χ2n) is 6.45. The molecule has 1 saturated heterocycles. The number of pyridine rings is 1. The first-order chi connectivity index (χ1) is 16.6. The van der Waals surface area contributed by atoms with Gasteiger partial charge in [0.05, 0.1) is 19.8 Å². The number of fused-ring (bicyclic) bond motifs is 1. The van der Waals surface area contributed by atoms with Crippen molar-refractivity contribution in [2.75, 3.05) is 11.4 Å². The lowest BCUT2D eigenvalue weighted by Crippen LogP contribution is -2.25. The Morgan fingerprint density at radius 1 is 1.59 bits per heavy atom. The highest BCUT2D eigenvalue weighted by molar-refractivity contribution is 5.94. The Labute approximate surface area is 177 Å². The van der Waals surface area contributed by atoms with Crippen molar-refractivity contribution >= 4 is 17.4 Å². The summed E-state index contributed by atoms with van der Waals surface area (Å²) >= 11 is 0. The van der Waals surface area contributed by atoms with Crippen LogP contribution in [-0.4, -0.2) is 43.2 Å². The number of nitrogens with two attached hydrogens (primary N) is 1. The zero-order valence-electron chi connectivity index (χ0n) is 22.4. The number of rotatable bonds is 6. The third kappa shape index (κ3) is 3.77. The number of aromatic carboxylic acids is 1. The van der Waals surface area contributed by atoms with Crippen LogP contribution in [0.5, 0.6) is 0 Å². The van der Waals surface area contributed by atoms with Crippen molar-refractivity contribution in [1.29, 1.82) is 0 Å². The second-order valence-corrected chi connectivity index (χ2v) is 6.45. The number of carboxylic acid groups (broad SMARTS) is 1. The van der Waals surface area contributed by atoms with Crippen molar-refractivity contribution in [3.8, 4) is 0 Å². The van der Waals surface area contributed by atoms with Gasteiger partial charge in [-0.2, -0.15) is 5.10 Å². The number of carbonyl (C=O) groups is 1. The van der Waals surface area contributed by atoms with Crippen molar-refractivity contribution in [3.05, 3.63) is 53.4 Å². The molecule has 0 saturated carbocycles. The zero-order valence-corrected chi connectivity index (χ0v) is 15.4. The Balaban J connectivity index is 1.97. The third-order valence-corrected chi connectivity index (χ3v) is 4.29. The first-order valence-electron chi connectivity index (χ1n) is 12.3. The number of halogens is 1. The van der Waals surface area contributed by atoms with E-state index in [0.29, 0.717) is 6.20 Å². The van der Waals surface area contributed by atoms with E-state index < -0.39 is 54.2 Å². The maximum Gasteiger partial charge on any atom is 0.341 e. The summed E-state index contributed by atoms with van der Waals surface area (Å²) in [6.45, 7) is 1.14. The molecule has 8 nitrogen and oxygen atoms in total. The monoisotopic (exact) mass is 405 g/mol. The molecule has 0 spiro atoms. The van der Waals surface area contributed by atoms with Gasteiger partial charge in [0.1, 0.15) is 17.2 Å². The van der Waals surface area contributed by atoms with Crippen molar-refractivity contribution in [1.82, 2.24) is 19.6 Å². The van der Waals surface area contributed by atoms with Gasteiger partial charge in [-0.15, -0.1) is 0 Å². The summed E-state index contributed by atoms with van der Waals surface area (Å²) < 4.78 is 75.8. The van der Waals surface area contributed by atoms with Crippen LogP contribution in [0, 0.1) is 5.82 Å². The molecular weight excluding hydrogens is 375 g/mol. The van der Waals surface area contributed by atoms with Gasteiger partial charge in [0.2, 0.25) is 0 Å². The molecule has 4 rings (SSSR count). The molecular formula is C20H23FN6O2. The molecule has 0 radical (unpaired) electrons. The van der Waals surface area contributed by atoms with E-state index in [2.05, 4.69) is 15.1 Å². The summed E-state index contributed by atoms with van der Waals surface area (Å²) in [6.07, 6.45) is -5.18. The minimum absolute atomic E-state index is 0.0344. The lowest BCUT2D eigenvalue weighted by molar-refractivity contribution is 0.0698. The number of anilines is 1. The van der Waals surface area contributed by atoms with Crippen LogP contribution < -0.4 is 10.6 Å². The summed E-state index contributed by atoms with van der Waals surface area (Å²) in [7, 11) is 0. The molecule has 1 aliphatic heterocycles. The van der Waals surface area contributed by atoms with Crippen LogP contribution in [0.4, 0.5) is 10.2 Å². The Morgan fingerprint density at radius 3 is 3.17 bits per heavy atom. The first kappa shape index (κ1) is 12.5. The second kappa shape index (κ2) is 7.75. The highest BCUT2D eigenvalue weighted by Crippen LogP contribution is 2.37. The highest BCUT2D eigenvalue weighted by Gasteiger charge is 2.30. The van der Waals surface area contributed by atoms with Gasteiger partial charge in [0.15, 0.2) is 5.65 Å². The van der Waals surface area contributed by atoms with E-state index in [1.165, 1.54) is 23.7 Å². The molecule has 0 aliphatic carbocycles. The van der Waals surface area contributed by atoms with Crippen LogP contribution >= 0.6 is 0 Å². The molecule has 1 aliphatic rings. The van der Waals surface area contributed by atoms with Crippen LogP contribution in [0.3, 0.4) is 0 Å². The van der Waals surface area contributed by atoms with E-state index >= 15 is 0 Å². The van der Waals surface area contributed by atoms with Crippen molar-refractivity contribution < 1.29 is 23.9 Å². The number of aromatic nitrogens is 4. The number of hydrogen-bond donors (Lipinski definition) is 2. The van der Waals surface area contributed by atoms with E-state index in [0.717, 1.165) is 17.2 Å². The highest BCUT2D eigenvalue weighted by atomic mass is 19.1. The van der Waals surface area contributed by atoms with E-state index in [1.807, 2.05) is 0 Å². The molecule has 9 heteroatoms. The number of hydrogen-bond acceptors (Lipinski definition) is 6. The topological polar surface area (TPSA) is 110 Å². The molecule has 4 heterocycles. The molecule has 3 aromatic heterocycles. The van der Waals surface area contributed by atoms with E-state index in [4.69, 9.17) is 14.0 Å². The van der Waals surface area contributed by atoms with Gasteiger partial charge in [-0.3, -0.25) is 4.98 Å². The normalized spacial score (nSPS) is 26.6. The Hall–Kier alpha value is -3.07. The number of carboxylic acids is 1. The molecule has 0 bridgehead atoms. The standard InChI is InChI=1S/C20H23FN6O2/c1-12(22)4-5-16-14(9-13(21)10-23-16)17-3-2-7-26(17)18-6-8-27-19(25-18)15(11-24-27)20(28)29/h6,8-12,17H,2-5,7,22H2,1H3,(H,28,29)/t12-,17?/m1/s1/i3D2,4D2,5D2,17D. The average molecular weight is 405 g/mol. The predicted molar refractivity (Wildman–Crippen MR) is 105 cm³/mol. The Morgan fingerprint density at radius 2 is 2.41 bits per heavy atom. The van der Waals surface area contributed by atoms with E-state index in [9.17, 15) is 15.7 Å². The lowest BCUT2D eigenvalue weighted by Gasteiger charge is -2.27. The largest absolute Gasteiger partial charge is 0.477 e. The molecule has 0 amide bonds. The SMILES string of the molecule is [2H]C1([2H])CCN(c2ccn3ncc(C(=O)O)c3n2)C1([2H])c1cc(F)cnc1C([2H])([2H])C([2H])([2H])[C@@H](C)N. The maximum absolute atomic E-state index is 14.5. The molecule has 2 atom stereocenters. The van der Waals surface area contributed by atoms with Crippen LogP contribution in [0.1, 0.15) is 63.3 Å². The summed E-state index contributed by atoms with van der Waals surface area (Å²) in [5, 5.41) is 13.3. The summed E-state index contributed by atoms with van der Waals surface area (Å²) in [4.78, 5) is 20.8. The van der Waals surface area contributed by atoms with Gasteiger partial charge in [0.25, 0.3) is 0 Å². The number of nitrogens with zero attached hydrogens (tertiary/aromatic N) is 5. The van der Waals surface area contributed by atoms with Crippen molar-refractivity contribution in [2.45, 2.75) is 44.5 Å².